The first-order valence-electron chi connectivity index (χ1n) is 9.81. The lowest BCUT2D eigenvalue weighted by Crippen LogP contribution is -2.20. The summed E-state index contributed by atoms with van der Waals surface area (Å²) in [5, 5.41) is 5.86. The average molecular weight is 447 g/mol. The Hall–Kier alpha value is -4.03. The third-order valence-corrected chi connectivity index (χ3v) is 4.84. The van der Waals surface area contributed by atoms with E-state index in [4.69, 9.17) is 20.8 Å². The summed E-state index contributed by atoms with van der Waals surface area (Å²) >= 11 is 6.33. The SMILES string of the molecule is O=C(COc1ccc(-c2ccccc2)cc1Cl)Nc1cccc(NC(=O)c2ccco2)c1. The Bertz CT molecular complexity index is 1220. The number of hydrogen-bond donors (Lipinski definition) is 2. The van der Waals surface area contributed by atoms with Gasteiger partial charge in [0.15, 0.2) is 12.4 Å². The molecule has 0 spiro atoms. The van der Waals surface area contributed by atoms with E-state index in [0.29, 0.717) is 22.1 Å². The summed E-state index contributed by atoms with van der Waals surface area (Å²) in [6, 6.07) is 25.2. The molecule has 3 aromatic carbocycles. The van der Waals surface area contributed by atoms with Crippen molar-refractivity contribution in [3.05, 3.63) is 102 Å². The van der Waals surface area contributed by atoms with Crippen LogP contribution in [0, 0.1) is 0 Å². The molecular weight excluding hydrogens is 428 g/mol. The molecule has 0 atom stereocenters. The molecule has 0 aliphatic rings. The third kappa shape index (κ3) is 5.36. The highest BCUT2D eigenvalue weighted by molar-refractivity contribution is 6.32. The summed E-state index contributed by atoms with van der Waals surface area (Å²) in [5.41, 5.74) is 3.03. The molecule has 0 saturated heterocycles. The van der Waals surface area contributed by atoms with E-state index in [-0.39, 0.29) is 24.2 Å². The van der Waals surface area contributed by atoms with Crippen LogP contribution in [0.5, 0.6) is 5.75 Å². The van der Waals surface area contributed by atoms with Crippen molar-refractivity contribution >= 4 is 34.8 Å². The second-order valence-corrected chi connectivity index (χ2v) is 7.27. The molecule has 0 radical (unpaired) electrons. The molecule has 32 heavy (non-hydrogen) atoms. The molecule has 160 valence electrons. The van der Waals surface area contributed by atoms with E-state index in [1.807, 2.05) is 36.4 Å². The van der Waals surface area contributed by atoms with Crippen LogP contribution in [-0.4, -0.2) is 18.4 Å². The first-order chi connectivity index (χ1) is 15.6. The number of nitrogens with one attached hydrogen (secondary N) is 2. The van der Waals surface area contributed by atoms with Gasteiger partial charge in [0.25, 0.3) is 11.8 Å². The van der Waals surface area contributed by atoms with E-state index < -0.39 is 0 Å². The van der Waals surface area contributed by atoms with Crippen LogP contribution in [0.25, 0.3) is 11.1 Å². The van der Waals surface area contributed by atoms with E-state index in [1.54, 1.807) is 48.5 Å². The topological polar surface area (TPSA) is 80.6 Å². The Morgan fingerprint density at radius 1 is 0.812 bits per heavy atom. The number of amides is 2. The minimum atomic E-state index is -0.379. The van der Waals surface area contributed by atoms with E-state index in [2.05, 4.69) is 10.6 Å². The number of carbonyl (C=O) groups excluding carboxylic acids is 2. The van der Waals surface area contributed by atoms with Crippen molar-refractivity contribution in [2.75, 3.05) is 17.2 Å². The zero-order valence-electron chi connectivity index (χ0n) is 16.9. The lowest BCUT2D eigenvalue weighted by molar-refractivity contribution is -0.118. The monoisotopic (exact) mass is 446 g/mol. The van der Waals surface area contributed by atoms with Gasteiger partial charge < -0.3 is 19.8 Å². The van der Waals surface area contributed by atoms with Gasteiger partial charge in [-0.25, -0.2) is 0 Å². The highest BCUT2D eigenvalue weighted by atomic mass is 35.5. The van der Waals surface area contributed by atoms with E-state index >= 15 is 0 Å². The molecule has 4 rings (SSSR count). The van der Waals surface area contributed by atoms with Crippen LogP contribution >= 0.6 is 11.6 Å². The van der Waals surface area contributed by atoms with Crippen molar-refractivity contribution in [3.63, 3.8) is 0 Å². The zero-order chi connectivity index (χ0) is 22.3. The molecule has 1 heterocycles. The molecule has 0 aliphatic carbocycles. The fourth-order valence-corrected chi connectivity index (χ4v) is 3.28. The summed E-state index contributed by atoms with van der Waals surface area (Å²) in [7, 11) is 0. The van der Waals surface area contributed by atoms with Gasteiger partial charge in [0, 0.05) is 11.4 Å². The Morgan fingerprint density at radius 2 is 1.59 bits per heavy atom. The molecule has 1 aromatic heterocycles. The van der Waals surface area contributed by atoms with Crippen molar-refractivity contribution in [2.24, 2.45) is 0 Å². The fourth-order valence-electron chi connectivity index (χ4n) is 3.04. The second kappa shape index (κ2) is 9.85. The van der Waals surface area contributed by atoms with E-state index in [9.17, 15) is 9.59 Å². The lowest BCUT2D eigenvalue weighted by Gasteiger charge is -2.11. The van der Waals surface area contributed by atoms with Crippen LogP contribution in [0.3, 0.4) is 0 Å². The van der Waals surface area contributed by atoms with Gasteiger partial charge in [-0.05, 0) is 53.6 Å². The first kappa shape index (κ1) is 21.2. The van der Waals surface area contributed by atoms with E-state index in [1.165, 1.54) is 6.26 Å². The summed E-state index contributed by atoms with van der Waals surface area (Å²) < 4.78 is 10.6. The molecule has 6 nitrogen and oxygen atoms in total. The van der Waals surface area contributed by atoms with Gasteiger partial charge in [-0.3, -0.25) is 9.59 Å². The summed E-state index contributed by atoms with van der Waals surface area (Å²) in [4.78, 5) is 24.4. The number of halogens is 1. The maximum absolute atomic E-state index is 12.3. The van der Waals surface area contributed by atoms with Crippen LogP contribution in [0.1, 0.15) is 10.6 Å². The molecule has 0 saturated carbocycles. The van der Waals surface area contributed by atoms with Gasteiger partial charge in [-0.15, -0.1) is 0 Å². The minimum absolute atomic E-state index is 0.197. The Morgan fingerprint density at radius 3 is 2.31 bits per heavy atom. The number of benzene rings is 3. The van der Waals surface area contributed by atoms with Gasteiger partial charge in [0.05, 0.1) is 11.3 Å². The fraction of sp³-hybridized carbons (Fsp3) is 0.0400. The van der Waals surface area contributed by atoms with Crippen LogP contribution in [0.15, 0.2) is 95.6 Å². The number of carbonyl (C=O) groups is 2. The Labute approximate surface area is 189 Å². The third-order valence-electron chi connectivity index (χ3n) is 4.55. The maximum atomic E-state index is 12.3. The standard InChI is InChI=1S/C25H19ClN2O4/c26-21-14-18(17-6-2-1-3-7-17)11-12-22(21)32-16-24(29)27-19-8-4-9-20(15-19)28-25(30)23-10-5-13-31-23/h1-15H,16H2,(H,27,29)(H,28,30). The quantitative estimate of drug-likeness (QED) is 0.372. The maximum Gasteiger partial charge on any atom is 0.291 e. The zero-order valence-corrected chi connectivity index (χ0v) is 17.6. The van der Waals surface area contributed by atoms with Crippen molar-refractivity contribution in [1.29, 1.82) is 0 Å². The Balaban J connectivity index is 1.34. The van der Waals surface area contributed by atoms with E-state index in [0.717, 1.165) is 11.1 Å². The minimum Gasteiger partial charge on any atom is -0.482 e. The largest absolute Gasteiger partial charge is 0.482 e. The molecule has 7 heteroatoms. The number of furan rings is 1. The van der Waals surface area contributed by atoms with Crippen molar-refractivity contribution < 1.29 is 18.7 Å². The van der Waals surface area contributed by atoms with Gasteiger partial charge in [-0.1, -0.05) is 54.1 Å². The highest BCUT2D eigenvalue weighted by Gasteiger charge is 2.11. The molecule has 0 aliphatic heterocycles. The van der Waals surface area contributed by atoms with Crippen LogP contribution in [0.2, 0.25) is 5.02 Å². The van der Waals surface area contributed by atoms with Gasteiger partial charge in [0.1, 0.15) is 5.75 Å². The van der Waals surface area contributed by atoms with Crippen LogP contribution in [-0.2, 0) is 4.79 Å². The molecule has 0 unspecified atom stereocenters. The number of rotatable bonds is 7. The average Bonchev–Trinajstić information content (AvgIpc) is 3.34. The summed E-state index contributed by atoms with van der Waals surface area (Å²) in [6.45, 7) is -0.215. The Kier molecular flexibility index (Phi) is 6.53. The van der Waals surface area contributed by atoms with Gasteiger partial charge in [-0.2, -0.15) is 0 Å². The molecule has 2 N–H and O–H groups in total. The van der Waals surface area contributed by atoms with Crippen LogP contribution in [0.4, 0.5) is 11.4 Å². The van der Waals surface area contributed by atoms with Crippen molar-refractivity contribution in [2.45, 2.75) is 0 Å². The molecule has 4 aromatic rings. The second-order valence-electron chi connectivity index (χ2n) is 6.86. The molecule has 2 amide bonds. The number of hydrogen-bond acceptors (Lipinski definition) is 4. The lowest BCUT2D eigenvalue weighted by atomic mass is 10.1. The van der Waals surface area contributed by atoms with Crippen LogP contribution < -0.4 is 15.4 Å². The normalized spacial score (nSPS) is 10.4. The molecule has 0 bridgehead atoms. The molecular formula is C25H19ClN2O4. The highest BCUT2D eigenvalue weighted by Crippen LogP contribution is 2.30. The predicted octanol–water partition coefficient (Wildman–Crippen LogP) is 5.87. The van der Waals surface area contributed by atoms with Crippen molar-refractivity contribution in [1.82, 2.24) is 0 Å². The summed E-state index contributed by atoms with van der Waals surface area (Å²) in [5.74, 6) is -0.123. The number of anilines is 2. The molecule has 0 fully saturated rings. The summed E-state index contributed by atoms with van der Waals surface area (Å²) in [6.07, 6.45) is 1.42. The van der Waals surface area contributed by atoms with Gasteiger partial charge in [0.2, 0.25) is 0 Å². The predicted molar refractivity (Wildman–Crippen MR) is 124 cm³/mol. The smallest absolute Gasteiger partial charge is 0.291 e. The van der Waals surface area contributed by atoms with Crippen molar-refractivity contribution in [3.8, 4) is 16.9 Å². The number of ether oxygens (including phenoxy) is 1. The first-order valence-corrected chi connectivity index (χ1v) is 10.2. The van der Waals surface area contributed by atoms with Gasteiger partial charge >= 0.3 is 0 Å².